The molecule has 1 N–H and O–H groups in total. The normalized spacial score (nSPS) is 12.5. The summed E-state index contributed by atoms with van der Waals surface area (Å²) in [5, 5.41) is 0. The third-order valence-corrected chi connectivity index (χ3v) is 4.49. The van der Waals surface area contributed by atoms with Gasteiger partial charge in [0, 0.05) is 11.0 Å². The van der Waals surface area contributed by atoms with E-state index >= 15 is 0 Å². The highest BCUT2D eigenvalue weighted by atomic mass is 79.9. The molecular weight excluding hydrogens is 347 g/mol. The van der Waals surface area contributed by atoms with Crippen LogP contribution in [0.15, 0.2) is 39.7 Å². The summed E-state index contributed by atoms with van der Waals surface area (Å²) < 4.78 is 63.2. The highest BCUT2D eigenvalue weighted by Gasteiger charge is 2.31. The summed E-state index contributed by atoms with van der Waals surface area (Å²) in [6.07, 6.45) is -4.52. The van der Waals surface area contributed by atoms with E-state index in [-0.39, 0.29) is 15.9 Å². The van der Waals surface area contributed by atoms with Crippen molar-refractivity contribution >= 4 is 26.0 Å². The first-order valence-corrected chi connectivity index (χ1v) is 7.32. The minimum atomic E-state index is -4.52. The molecule has 8 heteroatoms. The van der Waals surface area contributed by atoms with E-state index < -0.39 is 21.8 Å². The highest BCUT2D eigenvalue weighted by Crippen LogP contribution is 2.33. The Bertz CT molecular complexity index is 596. The molecule has 0 aliphatic rings. The first kappa shape index (κ1) is 16.2. The average Bonchev–Trinajstić information content (AvgIpc) is 2.25. The zero-order valence-electron chi connectivity index (χ0n) is 9.88. The van der Waals surface area contributed by atoms with Crippen molar-refractivity contribution in [2.45, 2.75) is 18.0 Å². The number of benzene rings is 1. The van der Waals surface area contributed by atoms with Gasteiger partial charge in [0.05, 0.1) is 10.5 Å². The predicted octanol–water partition coefficient (Wildman–Crippen LogP) is 3.32. The number of sulfonamides is 1. The molecule has 0 spiro atoms. The Labute approximate surface area is 117 Å². The molecule has 1 aromatic rings. The zero-order valence-corrected chi connectivity index (χ0v) is 12.3. The van der Waals surface area contributed by atoms with Gasteiger partial charge in [-0.05, 0) is 41.1 Å². The van der Waals surface area contributed by atoms with Crippen LogP contribution >= 0.6 is 15.9 Å². The number of alkyl halides is 3. The monoisotopic (exact) mass is 357 g/mol. The summed E-state index contributed by atoms with van der Waals surface area (Å²) >= 11 is 2.84. The molecule has 1 aromatic carbocycles. The maximum atomic E-state index is 12.5. The fourth-order valence-electron chi connectivity index (χ4n) is 1.19. The van der Waals surface area contributed by atoms with Crippen molar-refractivity contribution in [1.29, 1.82) is 0 Å². The Kier molecular flexibility index (Phi) is 4.81. The van der Waals surface area contributed by atoms with Crippen LogP contribution in [-0.2, 0) is 16.2 Å². The van der Waals surface area contributed by atoms with Crippen LogP contribution in [0.1, 0.15) is 12.5 Å². The van der Waals surface area contributed by atoms with E-state index in [4.69, 9.17) is 0 Å². The number of hydrogen-bond acceptors (Lipinski definition) is 2. The second-order valence-electron chi connectivity index (χ2n) is 3.92. The molecule has 0 fully saturated rings. The molecule has 0 atom stereocenters. The fraction of sp³-hybridized carbons (Fsp3) is 0.273. The SMILES string of the molecule is C=C(C)CNS(=O)(=O)c1ccc(C(F)(F)F)cc1Br. The van der Waals surface area contributed by atoms with Gasteiger partial charge in [0.1, 0.15) is 0 Å². The molecule has 0 radical (unpaired) electrons. The zero-order chi connectivity index (χ0) is 14.8. The van der Waals surface area contributed by atoms with Crippen molar-refractivity contribution in [2.75, 3.05) is 6.54 Å². The lowest BCUT2D eigenvalue weighted by Crippen LogP contribution is -2.25. The topological polar surface area (TPSA) is 46.2 Å². The Hall–Kier alpha value is -0.860. The third kappa shape index (κ3) is 4.32. The van der Waals surface area contributed by atoms with E-state index in [0.717, 1.165) is 18.2 Å². The Morgan fingerprint density at radius 2 is 2.00 bits per heavy atom. The van der Waals surface area contributed by atoms with Crippen molar-refractivity contribution in [3.8, 4) is 0 Å². The minimum absolute atomic E-state index is 0.0236. The molecule has 0 saturated carbocycles. The van der Waals surface area contributed by atoms with Gasteiger partial charge in [0.15, 0.2) is 0 Å². The van der Waals surface area contributed by atoms with Gasteiger partial charge in [-0.2, -0.15) is 13.2 Å². The van der Waals surface area contributed by atoms with Crippen molar-refractivity contribution in [3.05, 3.63) is 40.4 Å². The van der Waals surface area contributed by atoms with Crippen LogP contribution in [0.2, 0.25) is 0 Å². The van der Waals surface area contributed by atoms with E-state index in [2.05, 4.69) is 27.2 Å². The van der Waals surface area contributed by atoms with Gasteiger partial charge in [-0.25, -0.2) is 13.1 Å². The van der Waals surface area contributed by atoms with Crippen LogP contribution in [0.3, 0.4) is 0 Å². The average molecular weight is 358 g/mol. The van der Waals surface area contributed by atoms with Gasteiger partial charge in [0.2, 0.25) is 10.0 Å². The summed E-state index contributed by atoms with van der Waals surface area (Å²) in [5.41, 5.74) is -0.329. The smallest absolute Gasteiger partial charge is 0.207 e. The summed E-state index contributed by atoms with van der Waals surface area (Å²) in [7, 11) is -3.87. The quantitative estimate of drug-likeness (QED) is 0.840. The van der Waals surface area contributed by atoms with Gasteiger partial charge in [-0.1, -0.05) is 12.2 Å². The second-order valence-corrected chi connectivity index (χ2v) is 6.51. The van der Waals surface area contributed by atoms with Crippen molar-refractivity contribution in [1.82, 2.24) is 4.72 Å². The largest absolute Gasteiger partial charge is 0.416 e. The van der Waals surface area contributed by atoms with E-state index in [9.17, 15) is 21.6 Å². The van der Waals surface area contributed by atoms with Crippen LogP contribution in [0.25, 0.3) is 0 Å². The molecule has 0 aliphatic heterocycles. The number of nitrogens with one attached hydrogen (secondary N) is 1. The highest BCUT2D eigenvalue weighted by molar-refractivity contribution is 9.10. The molecule has 19 heavy (non-hydrogen) atoms. The summed E-state index contributed by atoms with van der Waals surface area (Å²) in [4.78, 5) is -0.248. The van der Waals surface area contributed by atoms with Crippen LogP contribution < -0.4 is 4.72 Å². The maximum Gasteiger partial charge on any atom is 0.416 e. The summed E-state index contributed by atoms with van der Waals surface area (Å²) in [6.45, 7) is 5.19. The molecule has 3 nitrogen and oxygen atoms in total. The van der Waals surface area contributed by atoms with Crippen molar-refractivity contribution < 1.29 is 21.6 Å². The van der Waals surface area contributed by atoms with Crippen LogP contribution in [0.4, 0.5) is 13.2 Å². The molecule has 0 aromatic heterocycles. The first-order chi connectivity index (χ1) is 8.54. The molecule has 106 valence electrons. The molecule has 0 saturated heterocycles. The second kappa shape index (κ2) is 5.64. The number of hydrogen-bond donors (Lipinski definition) is 1. The van der Waals surface area contributed by atoms with Crippen molar-refractivity contribution in [2.24, 2.45) is 0 Å². The van der Waals surface area contributed by atoms with E-state index in [1.807, 2.05) is 0 Å². The number of halogens is 4. The first-order valence-electron chi connectivity index (χ1n) is 5.05. The lowest BCUT2D eigenvalue weighted by atomic mass is 10.2. The molecular formula is C11H11BrF3NO2S. The van der Waals surface area contributed by atoms with E-state index in [1.165, 1.54) is 0 Å². The number of rotatable bonds is 4. The van der Waals surface area contributed by atoms with Gasteiger partial charge in [-0.15, -0.1) is 0 Å². The van der Waals surface area contributed by atoms with E-state index in [0.29, 0.717) is 5.57 Å². The van der Waals surface area contributed by atoms with Crippen molar-refractivity contribution in [3.63, 3.8) is 0 Å². The van der Waals surface area contributed by atoms with Gasteiger partial charge < -0.3 is 0 Å². The summed E-state index contributed by atoms with van der Waals surface area (Å²) in [5.74, 6) is 0. The predicted molar refractivity (Wildman–Crippen MR) is 69.1 cm³/mol. The maximum absolute atomic E-state index is 12.5. The van der Waals surface area contributed by atoms with E-state index in [1.54, 1.807) is 6.92 Å². The molecule has 0 unspecified atom stereocenters. The van der Waals surface area contributed by atoms with Gasteiger partial charge >= 0.3 is 6.18 Å². The molecule has 0 heterocycles. The standard InChI is InChI=1S/C11H11BrF3NO2S/c1-7(2)6-16-19(17,18)10-4-3-8(5-9(10)12)11(13,14)15/h3-5,16H,1,6H2,2H3. The Morgan fingerprint density at radius 3 is 2.42 bits per heavy atom. The van der Waals surface area contributed by atoms with Gasteiger partial charge in [0.25, 0.3) is 0 Å². The molecule has 0 bridgehead atoms. The Balaban J connectivity index is 3.13. The van der Waals surface area contributed by atoms with Crippen LogP contribution in [0, 0.1) is 0 Å². The lowest BCUT2D eigenvalue weighted by Gasteiger charge is -2.11. The van der Waals surface area contributed by atoms with Crippen LogP contribution in [-0.4, -0.2) is 15.0 Å². The molecule has 0 amide bonds. The third-order valence-electron chi connectivity index (χ3n) is 2.11. The fourth-order valence-corrected chi connectivity index (χ4v) is 3.36. The molecule has 0 aliphatic carbocycles. The molecule has 1 rings (SSSR count). The summed E-state index contributed by atoms with van der Waals surface area (Å²) in [6, 6.07) is 2.36. The Morgan fingerprint density at radius 1 is 1.42 bits per heavy atom. The lowest BCUT2D eigenvalue weighted by molar-refractivity contribution is -0.137. The van der Waals surface area contributed by atoms with Gasteiger partial charge in [-0.3, -0.25) is 0 Å². The van der Waals surface area contributed by atoms with Crippen LogP contribution in [0.5, 0.6) is 0 Å². The minimum Gasteiger partial charge on any atom is -0.207 e.